The minimum Gasteiger partial charge on any atom is -0.328 e. The number of benzene rings is 1. The second-order valence-electron chi connectivity index (χ2n) is 6.73. The highest BCUT2D eigenvalue weighted by atomic mass is 32.1. The fourth-order valence-electron chi connectivity index (χ4n) is 3.43. The molecule has 24 heavy (non-hydrogen) atoms. The fourth-order valence-corrected chi connectivity index (χ4v) is 4.36. The fraction of sp³-hybridized carbons (Fsp3) is 0.350. The van der Waals surface area contributed by atoms with Crippen molar-refractivity contribution in [3.8, 4) is 0 Å². The summed E-state index contributed by atoms with van der Waals surface area (Å²) in [7, 11) is 0. The summed E-state index contributed by atoms with van der Waals surface area (Å²) in [5, 5.41) is 0. The highest BCUT2D eigenvalue weighted by molar-refractivity contribution is 7.11. The van der Waals surface area contributed by atoms with Gasteiger partial charge in [-0.3, -0.25) is 4.90 Å². The van der Waals surface area contributed by atoms with Crippen LogP contribution in [0.3, 0.4) is 0 Å². The molecule has 1 aliphatic heterocycles. The first-order valence-corrected chi connectivity index (χ1v) is 9.34. The molecule has 1 fully saturated rings. The summed E-state index contributed by atoms with van der Waals surface area (Å²) < 4.78 is 2.38. The van der Waals surface area contributed by atoms with E-state index >= 15 is 0 Å². The first-order valence-electron chi connectivity index (χ1n) is 8.52. The molecular weight excluding hydrogens is 314 g/mol. The van der Waals surface area contributed by atoms with Crippen LogP contribution in [0.2, 0.25) is 0 Å². The molecule has 124 valence electrons. The van der Waals surface area contributed by atoms with Gasteiger partial charge in [0.15, 0.2) is 0 Å². The largest absolute Gasteiger partial charge is 0.328 e. The maximum atomic E-state index is 4.72. The first-order chi connectivity index (χ1) is 11.7. The van der Waals surface area contributed by atoms with Gasteiger partial charge in [-0.2, -0.15) is 0 Å². The monoisotopic (exact) mass is 337 g/mol. The SMILES string of the molecule is Cc1ccc(CN2CC(c3ncc(C)n3Cc3ccccc3)C2)s1. The van der Waals surface area contributed by atoms with Crippen LogP contribution in [0.25, 0.3) is 0 Å². The second kappa shape index (κ2) is 6.54. The van der Waals surface area contributed by atoms with E-state index in [4.69, 9.17) is 4.98 Å². The zero-order valence-electron chi connectivity index (χ0n) is 14.3. The number of aryl methyl sites for hydroxylation is 2. The van der Waals surface area contributed by atoms with Crippen LogP contribution in [-0.4, -0.2) is 27.5 Å². The van der Waals surface area contributed by atoms with Gasteiger partial charge in [-0.05, 0) is 31.5 Å². The lowest BCUT2D eigenvalue weighted by Gasteiger charge is -2.38. The summed E-state index contributed by atoms with van der Waals surface area (Å²) in [4.78, 5) is 10.1. The van der Waals surface area contributed by atoms with Gasteiger partial charge in [-0.1, -0.05) is 30.3 Å². The molecule has 0 atom stereocenters. The third-order valence-corrected chi connectivity index (χ3v) is 5.75. The number of hydrogen-bond donors (Lipinski definition) is 0. The number of hydrogen-bond acceptors (Lipinski definition) is 3. The predicted molar refractivity (Wildman–Crippen MR) is 99.6 cm³/mol. The van der Waals surface area contributed by atoms with E-state index in [1.54, 1.807) is 0 Å². The van der Waals surface area contributed by atoms with E-state index in [1.807, 2.05) is 17.5 Å². The Hall–Kier alpha value is -1.91. The molecule has 1 aromatic carbocycles. The zero-order chi connectivity index (χ0) is 16.5. The second-order valence-corrected chi connectivity index (χ2v) is 8.11. The van der Waals surface area contributed by atoms with Crippen molar-refractivity contribution in [2.75, 3.05) is 13.1 Å². The zero-order valence-corrected chi connectivity index (χ0v) is 15.1. The van der Waals surface area contributed by atoms with Gasteiger partial charge in [0.25, 0.3) is 0 Å². The molecule has 0 unspecified atom stereocenters. The number of aromatic nitrogens is 2. The molecule has 0 aliphatic carbocycles. The van der Waals surface area contributed by atoms with Gasteiger partial charge in [0.2, 0.25) is 0 Å². The van der Waals surface area contributed by atoms with Crippen molar-refractivity contribution < 1.29 is 0 Å². The lowest BCUT2D eigenvalue weighted by molar-refractivity contribution is 0.134. The average Bonchev–Trinajstić information content (AvgIpc) is 3.11. The van der Waals surface area contributed by atoms with Gasteiger partial charge < -0.3 is 4.57 Å². The van der Waals surface area contributed by atoms with Crippen molar-refractivity contribution >= 4 is 11.3 Å². The molecule has 2 aromatic heterocycles. The standard InChI is InChI=1S/C20H23N3S/c1-15-10-21-20(23(15)11-17-6-4-3-5-7-17)18-12-22(13-18)14-19-9-8-16(2)24-19/h3-10,18H,11-14H2,1-2H3. The minimum atomic E-state index is 0.559. The average molecular weight is 337 g/mol. The smallest absolute Gasteiger partial charge is 0.114 e. The van der Waals surface area contributed by atoms with Crippen LogP contribution in [0, 0.1) is 13.8 Å². The van der Waals surface area contributed by atoms with E-state index in [9.17, 15) is 0 Å². The summed E-state index contributed by atoms with van der Waals surface area (Å²) in [6.45, 7) is 8.56. The molecule has 4 rings (SSSR count). The normalized spacial score (nSPS) is 15.6. The molecule has 3 nitrogen and oxygen atoms in total. The summed E-state index contributed by atoms with van der Waals surface area (Å²) >= 11 is 1.91. The van der Waals surface area contributed by atoms with Crippen LogP contribution in [0.1, 0.15) is 32.8 Å². The van der Waals surface area contributed by atoms with Crippen molar-refractivity contribution in [2.45, 2.75) is 32.9 Å². The van der Waals surface area contributed by atoms with Crippen LogP contribution in [0.15, 0.2) is 48.7 Å². The van der Waals surface area contributed by atoms with Crippen molar-refractivity contribution in [1.29, 1.82) is 0 Å². The summed E-state index contributed by atoms with van der Waals surface area (Å²) in [6.07, 6.45) is 2.02. The molecule has 4 heteroatoms. The molecule has 0 saturated carbocycles. The molecule has 0 bridgehead atoms. The van der Waals surface area contributed by atoms with Crippen LogP contribution in [-0.2, 0) is 13.1 Å². The van der Waals surface area contributed by atoms with E-state index in [0.29, 0.717) is 5.92 Å². The van der Waals surface area contributed by atoms with Crippen molar-refractivity contribution in [2.24, 2.45) is 0 Å². The summed E-state index contributed by atoms with van der Waals surface area (Å²) in [5.74, 6) is 1.80. The van der Waals surface area contributed by atoms with Gasteiger partial charge in [0.1, 0.15) is 5.82 Å². The van der Waals surface area contributed by atoms with E-state index in [-0.39, 0.29) is 0 Å². The molecule has 1 saturated heterocycles. The Morgan fingerprint density at radius 1 is 1.04 bits per heavy atom. The number of nitrogens with zero attached hydrogens (tertiary/aromatic N) is 3. The van der Waals surface area contributed by atoms with E-state index in [0.717, 1.165) is 26.2 Å². The van der Waals surface area contributed by atoms with Gasteiger partial charge in [0.05, 0.1) is 0 Å². The van der Waals surface area contributed by atoms with Crippen molar-refractivity contribution in [3.05, 3.63) is 75.5 Å². The lowest BCUT2D eigenvalue weighted by atomic mass is 9.99. The van der Waals surface area contributed by atoms with Gasteiger partial charge >= 0.3 is 0 Å². The summed E-state index contributed by atoms with van der Waals surface area (Å²) in [6, 6.07) is 15.1. The maximum Gasteiger partial charge on any atom is 0.114 e. The predicted octanol–water partition coefficient (Wildman–Crippen LogP) is 4.21. The molecular formula is C20H23N3S. The highest BCUT2D eigenvalue weighted by Gasteiger charge is 2.31. The minimum absolute atomic E-state index is 0.559. The van der Waals surface area contributed by atoms with E-state index in [2.05, 4.69) is 65.8 Å². The Labute approximate surface area is 147 Å². The van der Waals surface area contributed by atoms with Gasteiger partial charge in [0, 0.05) is 53.7 Å². The molecule has 0 radical (unpaired) electrons. The van der Waals surface area contributed by atoms with Gasteiger partial charge in [-0.25, -0.2) is 4.98 Å². The molecule has 0 amide bonds. The molecule has 0 N–H and O–H groups in total. The topological polar surface area (TPSA) is 21.1 Å². The van der Waals surface area contributed by atoms with Crippen LogP contribution >= 0.6 is 11.3 Å². The third kappa shape index (κ3) is 3.17. The van der Waals surface area contributed by atoms with Gasteiger partial charge in [-0.15, -0.1) is 11.3 Å². The Morgan fingerprint density at radius 2 is 1.83 bits per heavy atom. The number of thiophene rings is 1. The van der Waals surface area contributed by atoms with Crippen LogP contribution < -0.4 is 0 Å². The first kappa shape index (κ1) is 15.6. The quantitative estimate of drug-likeness (QED) is 0.695. The third-order valence-electron chi connectivity index (χ3n) is 4.77. The van der Waals surface area contributed by atoms with E-state index < -0.39 is 0 Å². The molecule has 3 aromatic rings. The van der Waals surface area contributed by atoms with Crippen LogP contribution in [0.4, 0.5) is 0 Å². The Bertz CT molecular complexity index is 813. The number of likely N-dealkylation sites (tertiary alicyclic amines) is 1. The van der Waals surface area contributed by atoms with E-state index in [1.165, 1.54) is 26.8 Å². The molecule has 1 aliphatic rings. The highest BCUT2D eigenvalue weighted by Crippen LogP contribution is 2.30. The molecule has 3 heterocycles. The van der Waals surface area contributed by atoms with Crippen molar-refractivity contribution in [3.63, 3.8) is 0 Å². The van der Waals surface area contributed by atoms with Crippen LogP contribution in [0.5, 0.6) is 0 Å². The Morgan fingerprint density at radius 3 is 2.54 bits per heavy atom. The summed E-state index contributed by atoms with van der Waals surface area (Å²) in [5.41, 5.74) is 2.59. The lowest BCUT2D eigenvalue weighted by Crippen LogP contribution is -2.45. The Kier molecular flexibility index (Phi) is 4.25. The molecule has 0 spiro atoms. The Balaban J connectivity index is 1.43. The van der Waals surface area contributed by atoms with Crippen molar-refractivity contribution in [1.82, 2.24) is 14.5 Å². The maximum absolute atomic E-state index is 4.72. The number of imidazole rings is 1. The number of rotatable bonds is 5.